The maximum absolute atomic E-state index is 12.5. The summed E-state index contributed by atoms with van der Waals surface area (Å²) < 4.78 is 0. The molecule has 106 valence electrons. The van der Waals surface area contributed by atoms with Gasteiger partial charge in [0.1, 0.15) is 5.69 Å². The van der Waals surface area contributed by atoms with Crippen LogP contribution in [0.25, 0.3) is 0 Å². The average molecular weight is 273 g/mol. The zero-order valence-corrected chi connectivity index (χ0v) is 11.7. The Morgan fingerprint density at radius 1 is 1.40 bits per heavy atom. The van der Waals surface area contributed by atoms with E-state index in [0.717, 1.165) is 26.2 Å². The number of aliphatic hydroxyl groups excluding tert-OH is 1. The molecule has 1 aromatic rings. The summed E-state index contributed by atoms with van der Waals surface area (Å²) in [6, 6.07) is 3.56. The van der Waals surface area contributed by atoms with Crippen LogP contribution in [0, 0.1) is 11.8 Å². The molecule has 0 aromatic carbocycles. The summed E-state index contributed by atoms with van der Waals surface area (Å²) >= 11 is 0. The number of hydrogen-bond donors (Lipinski definition) is 1. The monoisotopic (exact) mass is 273 g/mol. The van der Waals surface area contributed by atoms with Gasteiger partial charge in [0.25, 0.3) is 5.91 Å². The summed E-state index contributed by atoms with van der Waals surface area (Å²) in [5.74, 6) is 5.69. The molecule has 0 unspecified atom stereocenters. The molecule has 1 aromatic heterocycles. The molecule has 0 spiro atoms. The zero-order chi connectivity index (χ0) is 14.4. The van der Waals surface area contributed by atoms with Crippen LogP contribution in [0.3, 0.4) is 0 Å². The predicted molar refractivity (Wildman–Crippen MR) is 76.2 cm³/mol. The fourth-order valence-corrected chi connectivity index (χ4v) is 2.05. The summed E-state index contributed by atoms with van der Waals surface area (Å²) in [5.41, 5.74) is 1.03. The van der Waals surface area contributed by atoms with Crippen molar-refractivity contribution in [2.24, 2.45) is 0 Å². The van der Waals surface area contributed by atoms with E-state index in [1.807, 2.05) is 11.9 Å². The van der Waals surface area contributed by atoms with E-state index in [1.165, 1.54) is 0 Å². The van der Waals surface area contributed by atoms with Gasteiger partial charge in [-0.25, -0.2) is 4.98 Å². The lowest BCUT2D eigenvalue weighted by Gasteiger charge is -2.32. The van der Waals surface area contributed by atoms with Crippen LogP contribution in [0.1, 0.15) is 22.5 Å². The lowest BCUT2D eigenvalue weighted by atomic mass is 10.1. The van der Waals surface area contributed by atoms with Crippen molar-refractivity contribution in [3.8, 4) is 11.8 Å². The van der Waals surface area contributed by atoms with E-state index in [2.05, 4.69) is 21.7 Å². The molecule has 5 nitrogen and oxygen atoms in total. The van der Waals surface area contributed by atoms with Gasteiger partial charge in [-0.05, 0) is 19.2 Å². The Bertz CT molecular complexity index is 525. The number of hydrogen-bond acceptors (Lipinski definition) is 4. The van der Waals surface area contributed by atoms with Gasteiger partial charge < -0.3 is 14.9 Å². The molecule has 5 heteroatoms. The molecule has 1 saturated heterocycles. The van der Waals surface area contributed by atoms with Crippen molar-refractivity contribution in [3.05, 3.63) is 29.6 Å². The molecule has 2 heterocycles. The van der Waals surface area contributed by atoms with E-state index in [-0.39, 0.29) is 12.5 Å². The minimum atomic E-state index is -0.0630. The van der Waals surface area contributed by atoms with Crippen molar-refractivity contribution >= 4 is 5.91 Å². The van der Waals surface area contributed by atoms with Gasteiger partial charge in [-0.1, -0.05) is 11.8 Å². The van der Waals surface area contributed by atoms with Gasteiger partial charge in [-0.15, -0.1) is 0 Å². The maximum Gasteiger partial charge on any atom is 0.273 e. The summed E-state index contributed by atoms with van der Waals surface area (Å²) in [5, 5.41) is 8.75. The molecule has 1 fully saturated rings. The highest BCUT2D eigenvalue weighted by Gasteiger charge is 2.22. The number of nitrogens with zero attached hydrogens (tertiary/aromatic N) is 3. The summed E-state index contributed by atoms with van der Waals surface area (Å²) in [4.78, 5) is 20.7. The fourth-order valence-electron chi connectivity index (χ4n) is 2.05. The molecule has 1 N–H and O–H groups in total. The highest BCUT2D eigenvalue weighted by Crippen LogP contribution is 2.10. The van der Waals surface area contributed by atoms with Crippen LogP contribution in [0.2, 0.25) is 0 Å². The molecule has 0 atom stereocenters. The van der Waals surface area contributed by atoms with Crippen LogP contribution >= 0.6 is 0 Å². The predicted octanol–water partition coefficient (Wildman–Crippen LogP) is 0.203. The molecule has 1 aliphatic heterocycles. The Balaban J connectivity index is 2.16. The van der Waals surface area contributed by atoms with Gasteiger partial charge in [-0.2, -0.15) is 0 Å². The van der Waals surface area contributed by atoms with E-state index in [1.54, 1.807) is 18.3 Å². The smallest absolute Gasteiger partial charge is 0.273 e. The molecular formula is C15H19N3O2. The number of pyridine rings is 1. The Morgan fingerprint density at radius 3 is 2.85 bits per heavy atom. The number of carbonyl (C=O) groups is 1. The second-order valence-corrected chi connectivity index (χ2v) is 4.77. The average Bonchev–Trinajstić information content (AvgIpc) is 2.48. The van der Waals surface area contributed by atoms with Gasteiger partial charge in [0.15, 0.2) is 0 Å². The van der Waals surface area contributed by atoms with Crippen molar-refractivity contribution in [1.29, 1.82) is 0 Å². The number of amides is 1. The normalized spacial score (nSPS) is 15.6. The van der Waals surface area contributed by atoms with Gasteiger partial charge in [0.05, 0.1) is 12.2 Å². The van der Waals surface area contributed by atoms with Gasteiger partial charge >= 0.3 is 0 Å². The largest absolute Gasteiger partial charge is 0.395 e. The number of aromatic nitrogens is 1. The van der Waals surface area contributed by atoms with E-state index in [9.17, 15) is 4.79 Å². The molecule has 0 radical (unpaired) electrons. The number of aliphatic hydroxyl groups is 1. The third kappa shape index (κ3) is 3.56. The SMILES string of the molecule is CN1CCN(C(=O)c2ncccc2C#CCCO)CC1. The minimum Gasteiger partial charge on any atom is -0.395 e. The molecule has 1 amide bonds. The van der Waals surface area contributed by atoms with E-state index < -0.39 is 0 Å². The van der Waals surface area contributed by atoms with Gasteiger partial charge in [-0.3, -0.25) is 4.79 Å². The number of likely N-dealkylation sites (N-methyl/N-ethyl adjacent to an activating group) is 1. The Morgan fingerprint density at radius 2 is 2.15 bits per heavy atom. The second-order valence-electron chi connectivity index (χ2n) is 4.77. The molecule has 0 saturated carbocycles. The number of carbonyl (C=O) groups excluding carboxylic acids is 1. The van der Waals surface area contributed by atoms with E-state index in [0.29, 0.717) is 17.7 Å². The van der Waals surface area contributed by atoms with E-state index in [4.69, 9.17) is 5.11 Å². The van der Waals surface area contributed by atoms with Crippen molar-refractivity contribution in [1.82, 2.24) is 14.8 Å². The van der Waals surface area contributed by atoms with Crippen LogP contribution in [-0.4, -0.2) is 65.6 Å². The molecule has 20 heavy (non-hydrogen) atoms. The van der Waals surface area contributed by atoms with E-state index >= 15 is 0 Å². The first kappa shape index (κ1) is 14.5. The first-order chi connectivity index (χ1) is 9.72. The van der Waals surface area contributed by atoms with Crippen LogP contribution < -0.4 is 0 Å². The maximum atomic E-state index is 12.5. The van der Waals surface area contributed by atoms with Crippen molar-refractivity contribution in [2.75, 3.05) is 39.8 Å². The molecule has 1 aliphatic rings. The van der Waals surface area contributed by atoms with Crippen molar-refractivity contribution in [3.63, 3.8) is 0 Å². The first-order valence-electron chi connectivity index (χ1n) is 6.75. The lowest BCUT2D eigenvalue weighted by molar-refractivity contribution is 0.0658. The van der Waals surface area contributed by atoms with Crippen LogP contribution in [0.15, 0.2) is 18.3 Å². The molecule has 0 aliphatic carbocycles. The third-order valence-electron chi connectivity index (χ3n) is 3.26. The molecule has 0 bridgehead atoms. The number of rotatable bonds is 2. The van der Waals surface area contributed by atoms with Crippen molar-refractivity contribution in [2.45, 2.75) is 6.42 Å². The molecule has 2 rings (SSSR count). The second kappa shape index (κ2) is 7.04. The summed E-state index contributed by atoms with van der Waals surface area (Å²) in [7, 11) is 2.05. The van der Waals surface area contributed by atoms with Gasteiger partial charge in [0, 0.05) is 38.8 Å². The highest BCUT2D eigenvalue weighted by atomic mass is 16.2. The lowest BCUT2D eigenvalue weighted by Crippen LogP contribution is -2.47. The zero-order valence-electron chi connectivity index (χ0n) is 11.7. The van der Waals surface area contributed by atoms with Crippen molar-refractivity contribution < 1.29 is 9.90 Å². The fraction of sp³-hybridized carbons (Fsp3) is 0.467. The Hall–Kier alpha value is -1.90. The number of piperazine rings is 1. The Labute approximate surface area is 119 Å². The quantitative estimate of drug-likeness (QED) is 0.782. The van der Waals surface area contributed by atoms with Crippen LogP contribution in [0.4, 0.5) is 0 Å². The highest BCUT2D eigenvalue weighted by molar-refractivity contribution is 5.94. The first-order valence-corrected chi connectivity index (χ1v) is 6.75. The third-order valence-corrected chi connectivity index (χ3v) is 3.26. The minimum absolute atomic E-state index is 0.0228. The molecular weight excluding hydrogens is 254 g/mol. The summed E-state index contributed by atoms with van der Waals surface area (Å²) in [6.45, 7) is 3.22. The van der Waals surface area contributed by atoms with Crippen LogP contribution in [0.5, 0.6) is 0 Å². The Kier molecular flexibility index (Phi) is 5.10. The van der Waals surface area contributed by atoms with Gasteiger partial charge in [0.2, 0.25) is 0 Å². The summed E-state index contributed by atoms with van der Waals surface area (Å²) in [6.07, 6.45) is 2.01. The topological polar surface area (TPSA) is 56.7 Å². The van der Waals surface area contributed by atoms with Crippen LogP contribution in [-0.2, 0) is 0 Å². The standard InChI is InChI=1S/C15H19N3O2/c1-17-8-10-18(11-9-17)15(20)14-13(5-2-3-12-19)6-4-7-16-14/h4,6-7,19H,3,8-12H2,1H3.